The summed E-state index contributed by atoms with van der Waals surface area (Å²) < 4.78 is 5.15. The van der Waals surface area contributed by atoms with E-state index in [-0.39, 0.29) is 29.4 Å². The van der Waals surface area contributed by atoms with Gasteiger partial charge in [-0.15, -0.1) is 0 Å². The van der Waals surface area contributed by atoms with Gasteiger partial charge in [-0.25, -0.2) is 9.59 Å². The fourth-order valence-electron chi connectivity index (χ4n) is 1.86. The van der Waals surface area contributed by atoms with Crippen molar-refractivity contribution < 1.29 is 19.4 Å². The van der Waals surface area contributed by atoms with Crippen molar-refractivity contribution in [3.8, 4) is 6.07 Å². The zero-order chi connectivity index (χ0) is 15.4. The van der Waals surface area contributed by atoms with E-state index in [0.717, 1.165) is 0 Å². The second-order valence-electron chi connectivity index (χ2n) is 4.36. The summed E-state index contributed by atoms with van der Waals surface area (Å²) in [4.78, 5) is 24.4. The predicted octanol–water partition coefficient (Wildman–Crippen LogP) is 1.79. The van der Waals surface area contributed by atoms with Crippen LogP contribution in [0.3, 0.4) is 0 Å². The first-order valence-corrected chi connectivity index (χ1v) is 6.49. The second kappa shape index (κ2) is 6.43. The third-order valence-electron chi connectivity index (χ3n) is 2.95. The lowest BCUT2D eigenvalue weighted by Crippen LogP contribution is -2.46. The first-order valence-electron chi connectivity index (χ1n) is 6.11. The summed E-state index contributed by atoms with van der Waals surface area (Å²) in [6, 6.07) is 5.52. The lowest BCUT2D eigenvalue weighted by molar-refractivity contribution is 0.0181. The highest BCUT2D eigenvalue weighted by Gasteiger charge is 2.24. The number of nitrogens with zero attached hydrogens (tertiary/aromatic N) is 2. The maximum Gasteiger partial charge on any atom is 0.335 e. The van der Waals surface area contributed by atoms with Crippen molar-refractivity contribution >= 4 is 29.3 Å². The van der Waals surface area contributed by atoms with Crippen LogP contribution in [0.25, 0.3) is 0 Å². The summed E-state index contributed by atoms with van der Waals surface area (Å²) in [7, 11) is 0. The molecule has 7 nitrogen and oxygen atoms in total. The third-order valence-corrected chi connectivity index (χ3v) is 3.28. The molecule has 0 aromatic heterocycles. The fraction of sp³-hybridized carbons (Fsp3) is 0.308. The quantitative estimate of drug-likeness (QED) is 0.867. The topological polar surface area (TPSA) is 103 Å². The average molecular weight is 310 g/mol. The number of anilines is 1. The standard InChI is InChI=1S/C13H12ClN3O4/c14-10-2-1-8(12(18)19)5-11(10)16-13(20)17-3-4-21-9(6-15)7-17/h1-2,5,9H,3-4,7H2,(H,16,20)(H,18,19). The third kappa shape index (κ3) is 3.62. The SMILES string of the molecule is N#CC1CN(C(=O)Nc2cc(C(=O)O)ccc2Cl)CCO1. The molecule has 2 amide bonds. The first-order chi connectivity index (χ1) is 10.0. The number of aromatic carboxylic acids is 1. The van der Waals surface area contributed by atoms with E-state index >= 15 is 0 Å². The van der Waals surface area contributed by atoms with Gasteiger partial charge in [-0.1, -0.05) is 11.6 Å². The molecule has 0 saturated carbocycles. The lowest BCUT2D eigenvalue weighted by Gasteiger charge is -2.29. The van der Waals surface area contributed by atoms with Crippen LogP contribution >= 0.6 is 11.6 Å². The Labute approximate surface area is 125 Å². The average Bonchev–Trinajstić information content (AvgIpc) is 2.49. The number of halogens is 1. The Morgan fingerprint density at radius 1 is 1.52 bits per heavy atom. The highest BCUT2D eigenvalue weighted by atomic mass is 35.5. The minimum atomic E-state index is -1.11. The number of urea groups is 1. The van der Waals surface area contributed by atoms with Crippen LogP contribution in [0.15, 0.2) is 18.2 Å². The van der Waals surface area contributed by atoms with Gasteiger partial charge in [0.2, 0.25) is 0 Å². The van der Waals surface area contributed by atoms with E-state index in [1.165, 1.54) is 23.1 Å². The van der Waals surface area contributed by atoms with Crippen molar-refractivity contribution in [3.05, 3.63) is 28.8 Å². The largest absolute Gasteiger partial charge is 0.478 e. The molecule has 1 aromatic rings. The first kappa shape index (κ1) is 15.1. The number of benzene rings is 1. The highest BCUT2D eigenvalue weighted by molar-refractivity contribution is 6.33. The van der Waals surface area contributed by atoms with Gasteiger partial charge >= 0.3 is 12.0 Å². The maximum atomic E-state index is 12.1. The Morgan fingerprint density at radius 3 is 2.95 bits per heavy atom. The number of nitriles is 1. The number of ether oxygens (including phenoxy) is 1. The molecule has 1 heterocycles. The minimum absolute atomic E-state index is 0.0200. The summed E-state index contributed by atoms with van der Waals surface area (Å²) in [5.74, 6) is -1.11. The Morgan fingerprint density at radius 2 is 2.29 bits per heavy atom. The van der Waals surface area contributed by atoms with Gasteiger partial charge in [0.05, 0.1) is 35.5 Å². The molecule has 1 aliphatic heterocycles. The molecule has 0 aliphatic carbocycles. The molecule has 2 rings (SSSR count). The molecule has 0 radical (unpaired) electrons. The molecule has 8 heteroatoms. The van der Waals surface area contributed by atoms with Gasteiger partial charge in [0.1, 0.15) is 0 Å². The van der Waals surface area contributed by atoms with Crippen LogP contribution in [0.1, 0.15) is 10.4 Å². The number of morpholine rings is 1. The van der Waals surface area contributed by atoms with Gasteiger partial charge in [-0.2, -0.15) is 5.26 Å². The minimum Gasteiger partial charge on any atom is -0.478 e. The van der Waals surface area contributed by atoms with E-state index in [9.17, 15) is 9.59 Å². The van der Waals surface area contributed by atoms with Crippen molar-refractivity contribution in [2.24, 2.45) is 0 Å². The summed E-state index contributed by atoms with van der Waals surface area (Å²) in [5.41, 5.74) is 0.230. The molecule has 1 aromatic carbocycles. The Bertz CT molecular complexity index is 614. The number of carbonyl (C=O) groups is 2. The number of carboxylic acid groups (broad SMARTS) is 1. The number of amides is 2. The van der Waals surface area contributed by atoms with Crippen molar-refractivity contribution in [2.75, 3.05) is 25.0 Å². The molecule has 1 aliphatic rings. The monoisotopic (exact) mass is 309 g/mol. The van der Waals surface area contributed by atoms with Crippen molar-refractivity contribution in [2.45, 2.75) is 6.10 Å². The molecular weight excluding hydrogens is 298 g/mol. The van der Waals surface area contributed by atoms with Gasteiger partial charge in [-0.3, -0.25) is 0 Å². The normalized spacial score (nSPS) is 17.9. The van der Waals surface area contributed by atoms with Crippen molar-refractivity contribution in [1.82, 2.24) is 4.90 Å². The van der Waals surface area contributed by atoms with Crippen LogP contribution < -0.4 is 5.32 Å². The molecule has 0 spiro atoms. The van der Waals surface area contributed by atoms with E-state index in [2.05, 4.69) is 5.32 Å². The molecule has 110 valence electrons. The van der Waals surface area contributed by atoms with Gasteiger partial charge in [-0.05, 0) is 18.2 Å². The second-order valence-corrected chi connectivity index (χ2v) is 4.77. The highest BCUT2D eigenvalue weighted by Crippen LogP contribution is 2.23. The fourth-order valence-corrected chi connectivity index (χ4v) is 2.03. The van der Waals surface area contributed by atoms with E-state index in [4.69, 9.17) is 26.7 Å². The predicted molar refractivity (Wildman–Crippen MR) is 74.4 cm³/mol. The van der Waals surface area contributed by atoms with Gasteiger partial charge in [0.25, 0.3) is 0 Å². The number of carboxylic acids is 1. The van der Waals surface area contributed by atoms with Crippen LogP contribution in [0.2, 0.25) is 5.02 Å². The molecular formula is C13H12ClN3O4. The number of hydrogen-bond acceptors (Lipinski definition) is 4. The van der Waals surface area contributed by atoms with Crippen LogP contribution in [0.4, 0.5) is 10.5 Å². The number of carbonyl (C=O) groups excluding carboxylic acids is 1. The number of nitrogens with one attached hydrogen (secondary N) is 1. The molecule has 0 bridgehead atoms. The zero-order valence-corrected chi connectivity index (χ0v) is 11.6. The number of rotatable bonds is 2. The summed E-state index contributed by atoms with van der Waals surface area (Å²) >= 11 is 5.94. The van der Waals surface area contributed by atoms with Crippen molar-refractivity contribution in [3.63, 3.8) is 0 Å². The zero-order valence-electron chi connectivity index (χ0n) is 10.9. The summed E-state index contributed by atoms with van der Waals surface area (Å²) in [5, 5.41) is 20.5. The Hall–Kier alpha value is -2.30. The molecule has 2 N–H and O–H groups in total. The van der Waals surface area contributed by atoms with Crippen molar-refractivity contribution in [1.29, 1.82) is 5.26 Å². The smallest absolute Gasteiger partial charge is 0.335 e. The van der Waals surface area contributed by atoms with Gasteiger partial charge in [0.15, 0.2) is 6.10 Å². The molecule has 1 fully saturated rings. The molecule has 1 unspecified atom stereocenters. The van der Waals surface area contributed by atoms with E-state index < -0.39 is 18.1 Å². The summed E-state index contributed by atoms with van der Waals surface area (Å²) in [6.45, 7) is 0.771. The van der Waals surface area contributed by atoms with E-state index in [1.54, 1.807) is 0 Å². The Balaban J connectivity index is 2.10. The van der Waals surface area contributed by atoms with E-state index in [1.807, 2.05) is 6.07 Å². The van der Waals surface area contributed by atoms with Gasteiger partial charge < -0.3 is 20.1 Å². The van der Waals surface area contributed by atoms with Gasteiger partial charge in [0, 0.05) is 6.54 Å². The Kier molecular flexibility index (Phi) is 4.62. The van der Waals surface area contributed by atoms with E-state index in [0.29, 0.717) is 6.54 Å². The maximum absolute atomic E-state index is 12.1. The molecule has 1 atom stereocenters. The molecule has 1 saturated heterocycles. The van der Waals surface area contributed by atoms with Crippen LogP contribution in [-0.2, 0) is 4.74 Å². The lowest BCUT2D eigenvalue weighted by atomic mass is 10.2. The van der Waals surface area contributed by atoms with Crippen LogP contribution in [0, 0.1) is 11.3 Å². The van der Waals surface area contributed by atoms with Crippen LogP contribution in [0.5, 0.6) is 0 Å². The number of hydrogen-bond donors (Lipinski definition) is 2. The van der Waals surface area contributed by atoms with Crippen LogP contribution in [-0.4, -0.2) is 47.8 Å². The summed E-state index contributed by atoms with van der Waals surface area (Å²) in [6.07, 6.45) is -0.662. The molecule has 21 heavy (non-hydrogen) atoms.